The summed E-state index contributed by atoms with van der Waals surface area (Å²) in [6.07, 6.45) is -2.82. The molecule has 0 aliphatic rings. The Bertz CT molecular complexity index is 1220. The van der Waals surface area contributed by atoms with Crippen LogP contribution in [0.3, 0.4) is 0 Å². The van der Waals surface area contributed by atoms with Gasteiger partial charge in [0.2, 0.25) is 0 Å². The average molecular weight is 482 g/mol. The van der Waals surface area contributed by atoms with Crippen LogP contribution in [0.2, 0.25) is 0 Å². The van der Waals surface area contributed by atoms with Gasteiger partial charge >= 0.3 is 0 Å². The van der Waals surface area contributed by atoms with Gasteiger partial charge in [0.05, 0.1) is 23.3 Å². The predicted molar refractivity (Wildman–Crippen MR) is 141 cm³/mol. The van der Waals surface area contributed by atoms with Crippen molar-refractivity contribution in [3.05, 3.63) is 163 Å². The molecule has 5 aromatic rings. The SMILES string of the molecule is Fc1ccccc1[B-](c1ccccc1F)(c1ccccc1F)c1ccccc1F.c1ccc[cH+]cc1. The van der Waals surface area contributed by atoms with Crippen LogP contribution in [0.1, 0.15) is 0 Å². The molecule has 0 spiro atoms. The van der Waals surface area contributed by atoms with Crippen molar-refractivity contribution >= 4 is 28.0 Å². The van der Waals surface area contributed by atoms with Crippen molar-refractivity contribution in [3.63, 3.8) is 0 Å². The zero-order chi connectivity index (χ0) is 25.4. The highest BCUT2D eigenvalue weighted by molar-refractivity contribution is 7.20. The van der Waals surface area contributed by atoms with E-state index in [0.717, 1.165) is 0 Å². The topological polar surface area (TPSA) is 0 Å². The van der Waals surface area contributed by atoms with E-state index in [1.165, 1.54) is 72.8 Å². The Kier molecular flexibility index (Phi) is 7.91. The van der Waals surface area contributed by atoms with Crippen molar-refractivity contribution in [1.29, 1.82) is 0 Å². The van der Waals surface area contributed by atoms with Gasteiger partial charge in [0.25, 0.3) is 0 Å². The molecule has 178 valence electrons. The first-order valence-corrected chi connectivity index (χ1v) is 11.6. The van der Waals surface area contributed by atoms with E-state index in [9.17, 15) is 0 Å². The Labute approximate surface area is 208 Å². The molecule has 0 saturated heterocycles. The van der Waals surface area contributed by atoms with E-state index in [0.29, 0.717) is 0 Å². The minimum absolute atomic E-state index is 0.0211. The highest BCUT2D eigenvalue weighted by Gasteiger charge is 2.38. The molecule has 0 N–H and O–H groups in total. The quantitative estimate of drug-likeness (QED) is 0.178. The predicted octanol–water partition coefficient (Wildman–Crippen LogP) is 5.59. The lowest BCUT2D eigenvalue weighted by molar-refractivity contribution is 0.627. The molecule has 0 aromatic heterocycles. The molecule has 0 bridgehead atoms. The fourth-order valence-electron chi connectivity index (χ4n) is 4.76. The van der Waals surface area contributed by atoms with Gasteiger partial charge < -0.3 is 0 Å². The summed E-state index contributed by atoms with van der Waals surface area (Å²) in [5, 5.41) is 0. The first kappa shape index (κ1) is 24.9. The third kappa shape index (κ3) is 4.91. The smallest absolute Gasteiger partial charge is 0.122 e. The second kappa shape index (κ2) is 11.5. The summed E-state index contributed by atoms with van der Waals surface area (Å²) >= 11 is 0. The van der Waals surface area contributed by atoms with Gasteiger partial charge in [0.15, 0.2) is 0 Å². The summed E-state index contributed by atoms with van der Waals surface area (Å²) in [6, 6.07) is 37.0. The largest absolute Gasteiger partial charge is 0.210 e. The van der Waals surface area contributed by atoms with E-state index in [1.54, 1.807) is 24.3 Å². The maximum absolute atomic E-state index is 15.2. The molecule has 0 aliphatic heterocycles. The van der Waals surface area contributed by atoms with Crippen molar-refractivity contribution in [2.45, 2.75) is 0 Å². The summed E-state index contributed by atoms with van der Waals surface area (Å²) < 4.78 is 60.7. The lowest BCUT2D eigenvalue weighted by Crippen LogP contribution is -2.77. The average Bonchev–Trinajstić information content (AvgIpc) is 3.22. The van der Waals surface area contributed by atoms with Gasteiger partial charge in [0, 0.05) is 42.5 Å². The van der Waals surface area contributed by atoms with Crippen LogP contribution in [0, 0.1) is 23.3 Å². The number of benzene rings is 4. The molecular formula is C31H23BF4. The zero-order valence-corrected chi connectivity index (χ0v) is 19.4. The van der Waals surface area contributed by atoms with Crippen molar-refractivity contribution < 1.29 is 17.6 Å². The van der Waals surface area contributed by atoms with Crippen molar-refractivity contribution in [1.82, 2.24) is 0 Å². The molecule has 0 radical (unpaired) electrons. The molecule has 0 nitrogen and oxygen atoms in total. The maximum atomic E-state index is 15.2. The van der Waals surface area contributed by atoms with Gasteiger partial charge in [-0.2, -0.15) is 21.9 Å². The van der Waals surface area contributed by atoms with E-state index >= 15 is 17.6 Å². The summed E-state index contributed by atoms with van der Waals surface area (Å²) in [6.45, 7) is 0. The third-order valence-corrected chi connectivity index (χ3v) is 6.26. The Morgan fingerprint density at radius 1 is 0.361 bits per heavy atom. The summed E-state index contributed by atoms with van der Waals surface area (Å²) in [5.41, 5.74) is 0.0844. The number of hydrogen-bond donors (Lipinski definition) is 0. The molecule has 0 atom stereocenters. The molecule has 5 heteroatoms. The van der Waals surface area contributed by atoms with Crippen LogP contribution < -0.4 is 21.9 Å². The molecule has 0 aliphatic carbocycles. The van der Waals surface area contributed by atoms with E-state index in [4.69, 9.17) is 0 Å². The Morgan fingerprint density at radius 3 is 0.917 bits per heavy atom. The molecule has 0 heterocycles. The monoisotopic (exact) mass is 482 g/mol. The van der Waals surface area contributed by atoms with E-state index in [2.05, 4.69) is 0 Å². The first-order valence-electron chi connectivity index (χ1n) is 11.6. The minimum atomic E-state index is -2.82. The summed E-state index contributed by atoms with van der Waals surface area (Å²) in [4.78, 5) is 0. The molecular weight excluding hydrogens is 459 g/mol. The second-order valence-corrected chi connectivity index (χ2v) is 8.30. The minimum Gasteiger partial charge on any atom is -0.210 e. The van der Waals surface area contributed by atoms with E-state index in [-0.39, 0.29) is 21.9 Å². The molecule has 36 heavy (non-hydrogen) atoms. The van der Waals surface area contributed by atoms with Gasteiger partial charge in [-0.05, 0) is 24.3 Å². The lowest BCUT2D eigenvalue weighted by atomic mass is 9.12. The van der Waals surface area contributed by atoms with E-state index < -0.39 is 29.4 Å². The maximum Gasteiger partial charge on any atom is 0.122 e. The summed E-state index contributed by atoms with van der Waals surface area (Å²) in [5.74, 6) is -2.66. The normalized spacial score (nSPS) is 10.8. The highest BCUT2D eigenvalue weighted by Crippen LogP contribution is 2.16. The Hall–Kier alpha value is -4.25. The van der Waals surface area contributed by atoms with Crippen LogP contribution in [0.15, 0.2) is 140 Å². The number of halogens is 4. The van der Waals surface area contributed by atoms with Crippen LogP contribution in [-0.2, 0) is 0 Å². The van der Waals surface area contributed by atoms with Gasteiger partial charge in [-0.15, -0.1) is 0 Å². The standard InChI is InChI=1S/C24H16BF4.C7H7/c26-21-13-5-1-9-17(21)25(18-10-2-6-14-22(18)27,19-11-3-7-15-23(19)28)20-12-4-8-16-24(20)29;1-2-4-6-7-5-3-1/h1-16H;1-7H/q-1;+1. The highest BCUT2D eigenvalue weighted by atomic mass is 19.1. The van der Waals surface area contributed by atoms with Gasteiger partial charge in [-0.3, -0.25) is 0 Å². The third-order valence-electron chi connectivity index (χ3n) is 6.26. The van der Waals surface area contributed by atoms with Crippen LogP contribution in [-0.4, -0.2) is 6.15 Å². The van der Waals surface area contributed by atoms with Crippen molar-refractivity contribution in [2.75, 3.05) is 0 Å². The van der Waals surface area contributed by atoms with Gasteiger partial charge in [-0.1, -0.05) is 72.8 Å². The molecule has 5 rings (SSSR count). The zero-order valence-electron chi connectivity index (χ0n) is 19.4. The van der Waals surface area contributed by atoms with E-state index in [1.807, 2.05) is 42.5 Å². The fourth-order valence-corrected chi connectivity index (χ4v) is 4.76. The van der Waals surface area contributed by atoms with Crippen molar-refractivity contribution in [2.24, 2.45) is 0 Å². The Balaban J connectivity index is 0.000000375. The molecule has 0 saturated carbocycles. The molecule has 0 unspecified atom stereocenters. The first-order chi connectivity index (χ1) is 17.6. The Morgan fingerprint density at radius 2 is 0.639 bits per heavy atom. The van der Waals surface area contributed by atoms with Crippen molar-refractivity contribution in [3.8, 4) is 0 Å². The van der Waals surface area contributed by atoms with Gasteiger partial charge in [0.1, 0.15) is 6.15 Å². The molecule has 5 aromatic carbocycles. The fraction of sp³-hybridized carbons (Fsp3) is 0. The number of rotatable bonds is 4. The molecule has 0 amide bonds. The van der Waals surface area contributed by atoms with Crippen LogP contribution in [0.4, 0.5) is 17.6 Å². The van der Waals surface area contributed by atoms with Gasteiger partial charge in [-0.25, -0.2) is 17.6 Å². The second-order valence-electron chi connectivity index (χ2n) is 8.30. The lowest BCUT2D eigenvalue weighted by Gasteiger charge is -2.44. The van der Waals surface area contributed by atoms with Crippen LogP contribution >= 0.6 is 0 Å². The number of hydrogen-bond acceptors (Lipinski definition) is 0. The summed E-state index contributed by atoms with van der Waals surface area (Å²) in [7, 11) is 0. The molecule has 0 fully saturated rings. The van der Waals surface area contributed by atoms with Crippen LogP contribution in [0.5, 0.6) is 0 Å². The van der Waals surface area contributed by atoms with Crippen LogP contribution in [0.25, 0.3) is 0 Å².